The molecular formula is C27H34ClN7O5S. The third-order valence-electron chi connectivity index (χ3n) is 7.85. The molecule has 3 aliphatic rings. The van der Waals surface area contributed by atoms with Gasteiger partial charge in [0.15, 0.2) is 5.65 Å². The first-order chi connectivity index (χ1) is 19.7. The molecule has 3 saturated heterocycles. The van der Waals surface area contributed by atoms with Crippen LogP contribution in [0.25, 0.3) is 5.65 Å². The Labute approximate surface area is 243 Å². The minimum atomic E-state index is -3.61. The third-order valence-corrected chi connectivity index (χ3v) is 8.67. The molecule has 0 radical (unpaired) electrons. The number of hydrogen-bond acceptors (Lipinski definition) is 9. The summed E-state index contributed by atoms with van der Waals surface area (Å²) in [5.74, 6) is 1.37. The normalized spacial score (nSPS) is 22.0. The fraction of sp³-hybridized carbons (Fsp3) is 0.519. The second kappa shape index (κ2) is 11.3. The first-order valence-corrected chi connectivity index (χ1v) is 16.2. The average Bonchev–Trinajstić information content (AvgIpc) is 3.59. The lowest BCUT2D eigenvalue weighted by Crippen LogP contribution is -2.39. The van der Waals surface area contributed by atoms with E-state index < -0.39 is 10.0 Å². The number of aliphatic hydroxyl groups excluding tert-OH is 1. The molecule has 0 aliphatic carbocycles. The van der Waals surface area contributed by atoms with Gasteiger partial charge in [0.25, 0.3) is 5.91 Å². The number of hydrogen-bond donors (Lipinski definition) is 2. The highest BCUT2D eigenvalue weighted by Crippen LogP contribution is 2.35. The number of fused-ring (bicyclic) bond motifs is 1. The number of rotatable bonds is 6. The van der Waals surface area contributed by atoms with Crippen molar-refractivity contribution in [2.45, 2.75) is 37.8 Å². The van der Waals surface area contributed by atoms with Crippen molar-refractivity contribution in [2.75, 3.05) is 66.7 Å². The van der Waals surface area contributed by atoms with Gasteiger partial charge in [0.2, 0.25) is 10.0 Å². The number of nitrogens with zero attached hydrogens (tertiary/aromatic N) is 6. The van der Waals surface area contributed by atoms with Crippen molar-refractivity contribution in [1.29, 1.82) is 0 Å². The van der Waals surface area contributed by atoms with Crippen molar-refractivity contribution in [2.24, 2.45) is 0 Å². The van der Waals surface area contributed by atoms with Crippen LogP contribution in [0.1, 0.15) is 47.8 Å². The molecule has 2 N–H and O–H groups in total. The van der Waals surface area contributed by atoms with E-state index in [-0.39, 0.29) is 29.3 Å². The molecule has 0 unspecified atom stereocenters. The Hall–Kier alpha value is -3.13. The van der Waals surface area contributed by atoms with Crippen LogP contribution in [0.3, 0.4) is 0 Å². The van der Waals surface area contributed by atoms with E-state index in [1.165, 1.54) is 12.1 Å². The first kappa shape index (κ1) is 28.0. The highest BCUT2D eigenvalue weighted by atomic mass is 35.5. The number of amides is 1. The van der Waals surface area contributed by atoms with Crippen LogP contribution in [0.4, 0.5) is 17.3 Å². The van der Waals surface area contributed by atoms with Crippen molar-refractivity contribution in [3.05, 3.63) is 46.6 Å². The molecule has 6 rings (SSSR count). The zero-order chi connectivity index (χ0) is 28.7. The van der Waals surface area contributed by atoms with Gasteiger partial charge in [0, 0.05) is 49.9 Å². The summed E-state index contributed by atoms with van der Waals surface area (Å²) >= 11 is 6.24. The molecule has 0 spiro atoms. The van der Waals surface area contributed by atoms with Gasteiger partial charge in [-0.25, -0.2) is 13.4 Å². The number of anilines is 3. The van der Waals surface area contributed by atoms with E-state index in [0.717, 1.165) is 56.1 Å². The van der Waals surface area contributed by atoms with Crippen LogP contribution in [0.15, 0.2) is 30.3 Å². The summed E-state index contributed by atoms with van der Waals surface area (Å²) in [4.78, 5) is 25.0. The van der Waals surface area contributed by atoms with Gasteiger partial charge in [-0.05, 0) is 43.9 Å². The van der Waals surface area contributed by atoms with Crippen molar-refractivity contribution in [3.8, 4) is 0 Å². The first-order valence-electron chi connectivity index (χ1n) is 13.9. The SMILES string of the molecule is CS(=O)(=O)Nc1ccc(Cl)cc1C(=O)N1CCCC[C@H]1c1cc2nc(N3CC[C@H](O)C3)cc(N3CCOCC3)n2n1. The molecule has 41 heavy (non-hydrogen) atoms. The molecule has 1 aromatic carbocycles. The fourth-order valence-corrected chi connectivity index (χ4v) is 6.62. The summed E-state index contributed by atoms with van der Waals surface area (Å²) < 4.78 is 33.9. The van der Waals surface area contributed by atoms with Crippen LogP contribution in [0, 0.1) is 0 Å². The van der Waals surface area contributed by atoms with Crippen LogP contribution in [-0.4, -0.2) is 97.2 Å². The number of carbonyl (C=O) groups excluding carboxylic acids is 1. The molecule has 5 heterocycles. The number of morpholine rings is 1. The molecule has 220 valence electrons. The number of sulfonamides is 1. The van der Waals surface area contributed by atoms with Gasteiger partial charge >= 0.3 is 0 Å². The summed E-state index contributed by atoms with van der Waals surface area (Å²) in [5.41, 5.74) is 1.77. The summed E-state index contributed by atoms with van der Waals surface area (Å²) in [7, 11) is -3.61. The van der Waals surface area contributed by atoms with Gasteiger partial charge in [-0.2, -0.15) is 9.61 Å². The fourth-order valence-electron chi connectivity index (χ4n) is 5.87. The van der Waals surface area contributed by atoms with Crippen LogP contribution in [0.5, 0.6) is 0 Å². The molecule has 3 fully saturated rings. The highest BCUT2D eigenvalue weighted by Gasteiger charge is 2.33. The van der Waals surface area contributed by atoms with Gasteiger partial charge in [-0.1, -0.05) is 11.6 Å². The number of ether oxygens (including phenoxy) is 1. The molecule has 2 aromatic heterocycles. The Kier molecular flexibility index (Phi) is 7.70. The van der Waals surface area contributed by atoms with Crippen molar-refractivity contribution < 1.29 is 23.1 Å². The van der Waals surface area contributed by atoms with Crippen molar-refractivity contribution >= 4 is 50.5 Å². The summed E-state index contributed by atoms with van der Waals surface area (Å²) in [5, 5.41) is 15.5. The van der Waals surface area contributed by atoms with Gasteiger partial charge in [-0.15, -0.1) is 0 Å². The molecule has 0 saturated carbocycles. The monoisotopic (exact) mass is 603 g/mol. The Morgan fingerprint density at radius 3 is 2.61 bits per heavy atom. The van der Waals surface area contributed by atoms with E-state index in [9.17, 15) is 18.3 Å². The number of piperidine rings is 1. The van der Waals surface area contributed by atoms with Crippen LogP contribution >= 0.6 is 11.6 Å². The van der Waals surface area contributed by atoms with Gasteiger partial charge < -0.3 is 24.5 Å². The van der Waals surface area contributed by atoms with E-state index in [0.29, 0.717) is 49.8 Å². The van der Waals surface area contributed by atoms with Crippen molar-refractivity contribution in [3.63, 3.8) is 0 Å². The molecule has 3 aromatic rings. The molecule has 12 nitrogen and oxygen atoms in total. The lowest BCUT2D eigenvalue weighted by molar-refractivity contribution is 0.0606. The summed E-state index contributed by atoms with van der Waals surface area (Å²) in [6.07, 6.45) is 3.82. The second-order valence-corrected chi connectivity index (χ2v) is 13.1. The summed E-state index contributed by atoms with van der Waals surface area (Å²) in [6, 6.07) is 8.20. The maximum absolute atomic E-state index is 14.0. The number of halogens is 1. The molecule has 14 heteroatoms. The lowest BCUT2D eigenvalue weighted by Gasteiger charge is -2.35. The minimum absolute atomic E-state index is 0.190. The molecule has 2 atom stereocenters. The quantitative estimate of drug-likeness (QED) is 0.436. The van der Waals surface area contributed by atoms with E-state index in [1.807, 2.05) is 16.6 Å². The minimum Gasteiger partial charge on any atom is -0.391 e. The third kappa shape index (κ3) is 5.94. The molecular weight excluding hydrogens is 570 g/mol. The van der Waals surface area contributed by atoms with E-state index >= 15 is 0 Å². The summed E-state index contributed by atoms with van der Waals surface area (Å²) in [6.45, 7) is 4.42. The second-order valence-electron chi connectivity index (χ2n) is 10.9. The van der Waals surface area contributed by atoms with Crippen molar-refractivity contribution in [1.82, 2.24) is 19.5 Å². The number of benzene rings is 1. The van der Waals surface area contributed by atoms with Gasteiger partial charge in [-0.3, -0.25) is 9.52 Å². The molecule has 0 bridgehead atoms. The maximum atomic E-state index is 14.0. The number of carbonyl (C=O) groups is 1. The zero-order valence-corrected chi connectivity index (χ0v) is 24.4. The number of aliphatic hydroxyl groups is 1. The zero-order valence-electron chi connectivity index (χ0n) is 22.9. The standard InChI is InChI=1S/C27H34ClN7O5S/c1-41(38,39)31-21-6-5-18(28)14-20(21)27(37)34-8-3-2-4-23(34)22-15-25-29-24(33-9-7-19(36)17-33)16-26(35(25)30-22)32-10-12-40-13-11-32/h5-6,14-16,19,23,31,36H,2-4,7-13,17H2,1H3/t19-,23-/m0/s1. The van der Waals surface area contributed by atoms with E-state index in [4.69, 9.17) is 26.4 Å². The Morgan fingerprint density at radius 2 is 1.88 bits per heavy atom. The average molecular weight is 604 g/mol. The largest absolute Gasteiger partial charge is 0.391 e. The predicted octanol–water partition coefficient (Wildman–Crippen LogP) is 2.53. The van der Waals surface area contributed by atoms with Crippen LogP contribution < -0.4 is 14.5 Å². The number of nitrogens with one attached hydrogen (secondary N) is 1. The molecule has 3 aliphatic heterocycles. The maximum Gasteiger partial charge on any atom is 0.256 e. The molecule has 1 amide bonds. The van der Waals surface area contributed by atoms with Gasteiger partial charge in [0.05, 0.1) is 48.6 Å². The predicted molar refractivity (Wildman–Crippen MR) is 156 cm³/mol. The highest BCUT2D eigenvalue weighted by molar-refractivity contribution is 7.92. The lowest BCUT2D eigenvalue weighted by atomic mass is 9.98. The Balaban J connectivity index is 1.39. The Bertz CT molecular complexity index is 1560. The van der Waals surface area contributed by atoms with E-state index in [2.05, 4.69) is 14.5 Å². The van der Waals surface area contributed by atoms with Crippen LogP contribution in [0.2, 0.25) is 5.02 Å². The number of aromatic nitrogens is 3. The smallest absolute Gasteiger partial charge is 0.256 e. The number of β-amino-alcohol motifs (C(OH)–C–C–N with tert-alkyl or cyclic N) is 1. The Morgan fingerprint density at radius 1 is 1.07 bits per heavy atom. The van der Waals surface area contributed by atoms with E-state index in [1.54, 1.807) is 11.0 Å². The van der Waals surface area contributed by atoms with Gasteiger partial charge in [0.1, 0.15) is 11.6 Å². The van der Waals surface area contributed by atoms with Crippen LogP contribution in [-0.2, 0) is 14.8 Å². The number of likely N-dealkylation sites (tertiary alicyclic amines) is 1. The topological polar surface area (TPSA) is 133 Å².